The van der Waals surface area contributed by atoms with Gasteiger partial charge in [0.2, 0.25) is 0 Å². The quantitative estimate of drug-likeness (QED) is 0.353. The van der Waals surface area contributed by atoms with Crippen LogP contribution in [0.4, 0.5) is 11.5 Å². The molecule has 6 nitrogen and oxygen atoms in total. The number of nitrogens with zero attached hydrogens (tertiary/aromatic N) is 2. The highest BCUT2D eigenvalue weighted by Gasteiger charge is 2.20. The number of halogens is 1. The second kappa shape index (κ2) is 9.47. The van der Waals surface area contributed by atoms with Gasteiger partial charge in [-0.05, 0) is 62.4 Å². The molecule has 7 heteroatoms. The summed E-state index contributed by atoms with van der Waals surface area (Å²) in [5.41, 5.74) is 7.32. The van der Waals surface area contributed by atoms with Crippen molar-refractivity contribution in [1.82, 2.24) is 9.97 Å². The maximum Gasteiger partial charge on any atom is 0.146 e. The van der Waals surface area contributed by atoms with Crippen molar-refractivity contribution in [2.45, 2.75) is 25.5 Å². The van der Waals surface area contributed by atoms with Crippen molar-refractivity contribution in [2.75, 3.05) is 5.32 Å². The highest BCUT2D eigenvalue weighted by atomic mass is 35.5. The fourth-order valence-electron chi connectivity index (χ4n) is 2.99. The van der Waals surface area contributed by atoms with Crippen molar-refractivity contribution >= 4 is 34.0 Å². The number of hydrogen-bond acceptors (Lipinski definition) is 6. The van der Waals surface area contributed by atoms with Gasteiger partial charge in [-0.25, -0.2) is 9.97 Å². The third-order valence-corrected chi connectivity index (χ3v) is 5.15. The number of aliphatic hydroxyl groups excluding tert-OH is 1. The van der Waals surface area contributed by atoms with Gasteiger partial charge in [-0.3, -0.25) is 0 Å². The Balaban J connectivity index is 1.59. The molecule has 4 rings (SSSR count). The minimum Gasteiger partial charge on any atom is -0.456 e. The molecule has 0 amide bonds. The van der Waals surface area contributed by atoms with E-state index in [9.17, 15) is 5.11 Å². The summed E-state index contributed by atoms with van der Waals surface area (Å²) < 4.78 is 5.84. The summed E-state index contributed by atoms with van der Waals surface area (Å²) in [6.45, 7) is 3.45. The first-order valence-corrected chi connectivity index (χ1v) is 10.7. The Labute approximate surface area is 197 Å². The number of nitrogens with one attached hydrogen (secondary N) is 1. The molecule has 0 spiro atoms. The topological polar surface area (TPSA) is 93.3 Å². The highest BCUT2D eigenvalue weighted by molar-refractivity contribution is 6.32. The molecule has 4 N–H and O–H groups in total. The number of para-hydroxylation sites is 1. The van der Waals surface area contributed by atoms with Crippen LogP contribution >= 0.6 is 11.6 Å². The number of fused-ring (bicyclic) bond motifs is 1. The first-order chi connectivity index (χ1) is 15.8. The lowest BCUT2D eigenvalue weighted by molar-refractivity contribution is 0.157. The lowest BCUT2D eigenvalue weighted by Gasteiger charge is -2.20. The summed E-state index contributed by atoms with van der Waals surface area (Å²) in [4.78, 5) is 8.71. The zero-order valence-corrected chi connectivity index (χ0v) is 19.0. The molecular weight excluding hydrogens is 436 g/mol. The zero-order valence-electron chi connectivity index (χ0n) is 18.2. The minimum atomic E-state index is -0.948. The van der Waals surface area contributed by atoms with Gasteiger partial charge >= 0.3 is 0 Å². The number of ether oxygens (including phenoxy) is 1. The maximum atomic E-state index is 10.1. The number of aliphatic hydroxyl groups is 1. The van der Waals surface area contributed by atoms with Gasteiger partial charge < -0.3 is 20.9 Å². The van der Waals surface area contributed by atoms with Crippen LogP contribution in [0, 0.1) is 11.8 Å². The van der Waals surface area contributed by atoms with Crippen LogP contribution in [0.2, 0.25) is 5.02 Å². The summed E-state index contributed by atoms with van der Waals surface area (Å²) in [7, 11) is 0. The first kappa shape index (κ1) is 22.6. The molecule has 4 aromatic rings. The molecule has 166 valence electrons. The molecule has 0 fully saturated rings. The van der Waals surface area contributed by atoms with E-state index in [1.54, 1.807) is 26.0 Å². The predicted octanol–water partition coefficient (Wildman–Crippen LogP) is 5.27. The highest BCUT2D eigenvalue weighted by Crippen LogP contribution is 2.33. The summed E-state index contributed by atoms with van der Waals surface area (Å²) >= 11 is 6.45. The Bertz CT molecular complexity index is 1340. The summed E-state index contributed by atoms with van der Waals surface area (Å²) in [5.74, 6) is 7.64. The van der Waals surface area contributed by atoms with E-state index in [1.165, 1.54) is 6.33 Å². The van der Waals surface area contributed by atoms with Gasteiger partial charge in [0, 0.05) is 22.2 Å². The first-order valence-electron chi connectivity index (χ1n) is 10.3. The minimum absolute atomic E-state index is 0.465. The molecule has 3 aromatic carbocycles. The van der Waals surface area contributed by atoms with Gasteiger partial charge in [0.25, 0.3) is 0 Å². The van der Waals surface area contributed by atoms with Gasteiger partial charge in [-0.15, -0.1) is 0 Å². The fraction of sp³-hybridized carbons (Fsp3) is 0.154. The largest absolute Gasteiger partial charge is 0.456 e. The Morgan fingerprint density at radius 2 is 1.85 bits per heavy atom. The van der Waals surface area contributed by atoms with Gasteiger partial charge in [0.05, 0.1) is 10.5 Å². The maximum absolute atomic E-state index is 10.1. The Hall–Kier alpha value is -3.63. The molecule has 0 aliphatic carbocycles. The van der Waals surface area contributed by atoms with Crippen molar-refractivity contribution in [3.63, 3.8) is 0 Å². The van der Waals surface area contributed by atoms with Crippen LogP contribution in [0.25, 0.3) is 10.9 Å². The summed E-state index contributed by atoms with van der Waals surface area (Å²) in [5, 5.41) is 14.6. The van der Waals surface area contributed by atoms with Crippen LogP contribution < -0.4 is 15.8 Å². The van der Waals surface area contributed by atoms with Gasteiger partial charge in [-0.1, -0.05) is 41.6 Å². The molecule has 0 saturated carbocycles. The molecule has 0 bridgehead atoms. The summed E-state index contributed by atoms with van der Waals surface area (Å²) in [6.07, 6.45) is 0.544. The van der Waals surface area contributed by atoms with E-state index < -0.39 is 11.6 Å². The van der Waals surface area contributed by atoms with Crippen molar-refractivity contribution in [3.8, 4) is 23.3 Å². The number of aromatic nitrogens is 2. The smallest absolute Gasteiger partial charge is 0.146 e. The molecule has 1 heterocycles. The third-order valence-electron chi connectivity index (χ3n) is 4.86. The lowest BCUT2D eigenvalue weighted by atomic mass is 9.99. The number of hydrogen-bond donors (Lipinski definition) is 3. The number of rotatable bonds is 5. The SMILES string of the molecule is CC(C)(N)C(O)C#Cc1ccc2ncnc(Nc3ccc(Oc4ccccc4)c(Cl)c3)c2c1. The van der Waals surface area contributed by atoms with Crippen LogP contribution in [-0.4, -0.2) is 26.7 Å². The van der Waals surface area contributed by atoms with E-state index in [1.807, 2.05) is 54.6 Å². The van der Waals surface area contributed by atoms with Crippen molar-refractivity contribution < 1.29 is 9.84 Å². The molecule has 0 aliphatic rings. The fourth-order valence-corrected chi connectivity index (χ4v) is 3.20. The van der Waals surface area contributed by atoms with Crippen molar-refractivity contribution in [3.05, 3.63) is 83.6 Å². The molecule has 1 aromatic heterocycles. The third kappa shape index (κ3) is 5.60. The second-order valence-corrected chi connectivity index (χ2v) is 8.54. The van der Waals surface area contributed by atoms with Crippen LogP contribution in [-0.2, 0) is 0 Å². The standard InChI is InChI=1S/C26H23ClN4O2/c1-26(2,28)24(32)13-9-17-8-11-22-20(14-17)25(30-16-29-22)31-18-10-12-23(21(27)15-18)33-19-6-4-3-5-7-19/h3-8,10-12,14-16,24,32H,28H2,1-2H3,(H,29,30,31). The van der Waals surface area contributed by atoms with Crippen LogP contribution in [0.1, 0.15) is 19.4 Å². The molecule has 1 unspecified atom stereocenters. The number of benzene rings is 3. The Morgan fingerprint density at radius 1 is 1.06 bits per heavy atom. The molecule has 33 heavy (non-hydrogen) atoms. The lowest BCUT2D eigenvalue weighted by Crippen LogP contribution is -2.44. The Kier molecular flexibility index (Phi) is 6.47. The van der Waals surface area contributed by atoms with Gasteiger partial charge in [0.15, 0.2) is 0 Å². The average Bonchev–Trinajstić information content (AvgIpc) is 2.79. The predicted molar refractivity (Wildman–Crippen MR) is 132 cm³/mol. The van der Waals surface area contributed by atoms with Crippen molar-refractivity contribution in [2.24, 2.45) is 5.73 Å². The van der Waals surface area contributed by atoms with Gasteiger partial charge in [-0.2, -0.15) is 0 Å². The molecule has 0 aliphatic heterocycles. The molecule has 0 saturated heterocycles. The summed E-state index contributed by atoms with van der Waals surface area (Å²) in [6, 6.07) is 20.5. The zero-order chi connectivity index (χ0) is 23.4. The van der Waals surface area contributed by atoms with Gasteiger partial charge in [0.1, 0.15) is 29.7 Å². The molecule has 0 radical (unpaired) electrons. The number of nitrogens with two attached hydrogens (primary N) is 1. The van der Waals surface area contributed by atoms with E-state index in [0.29, 0.717) is 27.9 Å². The van der Waals surface area contributed by atoms with Crippen LogP contribution in [0.15, 0.2) is 73.1 Å². The second-order valence-electron chi connectivity index (χ2n) is 8.13. The van der Waals surface area contributed by atoms with E-state index in [4.69, 9.17) is 22.1 Å². The number of anilines is 2. The molecule has 1 atom stereocenters. The monoisotopic (exact) mass is 458 g/mol. The van der Waals surface area contributed by atoms with Crippen LogP contribution in [0.5, 0.6) is 11.5 Å². The van der Waals surface area contributed by atoms with E-state index >= 15 is 0 Å². The normalized spacial score (nSPS) is 12.0. The Morgan fingerprint density at radius 3 is 2.58 bits per heavy atom. The van der Waals surface area contributed by atoms with E-state index in [0.717, 1.165) is 16.6 Å². The van der Waals surface area contributed by atoms with Crippen LogP contribution in [0.3, 0.4) is 0 Å². The average molecular weight is 459 g/mol. The molecular formula is C26H23ClN4O2. The van der Waals surface area contributed by atoms with E-state index in [-0.39, 0.29) is 0 Å². The van der Waals surface area contributed by atoms with E-state index in [2.05, 4.69) is 27.1 Å². The van der Waals surface area contributed by atoms with Crippen molar-refractivity contribution in [1.29, 1.82) is 0 Å².